The van der Waals surface area contributed by atoms with Crippen LogP contribution in [0.3, 0.4) is 0 Å². The van der Waals surface area contributed by atoms with Crippen molar-refractivity contribution in [3.8, 4) is 11.5 Å². The van der Waals surface area contributed by atoms with Crippen LogP contribution in [0.2, 0.25) is 0 Å². The highest BCUT2D eigenvalue weighted by atomic mass is 35.5. The van der Waals surface area contributed by atoms with E-state index in [1.165, 1.54) is 22.7 Å². The van der Waals surface area contributed by atoms with E-state index in [-0.39, 0.29) is 69.0 Å². The molecular formula is C58H61ClN6O13S2. The number of amides is 3. The number of carboxylic acids is 1. The molecule has 8 rings (SSSR count). The lowest BCUT2D eigenvalue weighted by atomic mass is 10.2. The Hall–Kier alpha value is -8.63. The average Bonchev–Trinajstić information content (AvgIpc) is 4.12. The van der Waals surface area contributed by atoms with E-state index in [9.17, 15) is 28.8 Å². The number of nitrogens with one attached hydrogen (secondary N) is 3. The number of benzene rings is 4. The maximum absolute atomic E-state index is 13.0. The lowest BCUT2D eigenvalue weighted by Crippen LogP contribution is -2.49. The molecule has 22 heteroatoms. The summed E-state index contributed by atoms with van der Waals surface area (Å²) in [6.45, 7) is 7.70. The largest absolute Gasteiger partial charge is 0.489 e. The lowest BCUT2D eigenvalue weighted by Gasteiger charge is -2.18. The minimum atomic E-state index is -1.17. The molecule has 0 spiro atoms. The molecule has 0 saturated heterocycles. The first-order valence-corrected chi connectivity index (χ1v) is 26.5. The standard InChI is InChI=1S/C29H29N3O6S.C18H20N2O4.C11H11NO3S.ClH/c1-19(2)38-24-13-14-30-22-15-25(39-26(22)24)27(33)31-16-23(28(34)36-17-20-9-5-3-6-10-20)32-29(35)37-18-21-11-7-4-8-12-21;19-11-16(17(21)23-12-14-7-3-1-4-8-14)20-18(22)24-13-15-9-5-2-6-10-15;1-6(2)15-8-3-4-12-7-5-9(11(13)14)16-10(7)8;/h3-15,19,23H,16-18H2,1-2H3,(H,31,33)(H,32,35);1-10,16H,11-13,19H2,(H,20,22);3-6H,1-2H3,(H,13,14);1H/t23-;16-;;/m11../s1. The molecule has 0 bridgehead atoms. The van der Waals surface area contributed by atoms with Crippen LogP contribution in [-0.4, -0.2) is 88.5 Å². The monoisotopic (exact) mass is 1150 g/mol. The van der Waals surface area contributed by atoms with Crippen LogP contribution in [0, 0.1) is 0 Å². The molecule has 0 aliphatic rings. The van der Waals surface area contributed by atoms with E-state index in [2.05, 4.69) is 25.9 Å². The lowest BCUT2D eigenvalue weighted by molar-refractivity contribution is -0.148. The van der Waals surface area contributed by atoms with Gasteiger partial charge in [-0.15, -0.1) is 35.1 Å². The molecule has 0 saturated carbocycles. The van der Waals surface area contributed by atoms with Crippen molar-refractivity contribution in [2.75, 3.05) is 13.1 Å². The van der Waals surface area contributed by atoms with Gasteiger partial charge in [0.05, 0.1) is 37.5 Å². The Kier molecular flexibility index (Phi) is 25.1. The van der Waals surface area contributed by atoms with Gasteiger partial charge in [-0.3, -0.25) is 14.8 Å². The Labute approximate surface area is 476 Å². The molecule has 8 aromatic rings. The summed E-state index contributed by atoms with van der Waals surface area (Å²) in [6, 6.07) is 41.4. The maximum atomic E-state index is 13.0. The molecule has 6 N–H and O–H groups in total. The number of alkyl carbamates (subject to hydrolysis) is 2. The number of hydrogen-bond acceptors (Lipinski definition) is 17. The zero-order valence-electron chi connectivity index (χ0n) is 44.1. The summed E-state index contributed by atoms with van der Waals surface area (Å²) in [4.78, 5) is 82.1. The third kappa shape index (κ3) is 20.3. The van der Waals surface area contributed by atoms with Gasteiger partial charge in [0.25, 0.3) is 5.91 Å². The van der Waals surface area contributed by atoms with Gasteiger partial charge in [0.15, 0.2) is 0 Å². The van der Waals surface area contributed by atoms with Crippen LogP contribution in [0.15, 0.2) is 158 Å². The molecule has 420 valence electrons. The number of ether oxygens (including phenoxy) is 6. The Morgan fingerprint density at radius 1 is 0.525 bits per heavy atom. The van der Waals surface area contributed by atoms with Crippen LogP contribution < -0.4 is 31.2 Å². The molecule has 3 amide bonds. The highest BCUT2D eigenvalue weighted by Crippen LogP contribution is 2.34. The van der Waals surface area contributed by atoms with E-state index in [0.29, 0.717) is 27.4 Å². The van der Waals surface area contributed by atoms with Crippen LogP contribution in [-0.2, 0) is 55.0 Å². The number of thiophene rings is 2. The van der Waals surface area contributed by atoms with Gasteiger partial charge in [0, 0.05) is 25.5 Å². The number of aromatic nitrogens is 2. The smallest absolute Gasteiger partial charge is 0.408 e. The van der Waals surface area contributed by atoms with Crippen LogP contribution in [0.4, 0.5) is 9.59 Å². The Bertz CT molecular complexity index is 3240. The fourth-order valence-corrected chi connectivity index (χ4v) is 8.80. The van der Waals surface area contributed by atoms with Crippen molar-refractivity contribution in [1.29, 1.82) is 0 Å². The molecule has 19 nitrogen and oxygen atoms in total. The maximum Gasteiger partial charge on any atom is 0.408 e. The summed E-state index contributed by atoms with van der Waals surface area (Å²) in [5.41, 5.74) is 10.1. The number of rotatable bonds is 21. The molecule has 0 unspecified atom stereocenters. The minimum Gasteiger partial charge on any atom is -0.489 e. The second-order valence-corrected chi connectivity index (χ2v) is 19.7. The number of carbonyl (C=O) groups excluding carboxylic acids is 5. The van der Waals surface area contributed by atoms with Gasteiger partial charge in [0.1, 0.15) is 54.9 Å². The predicted octanol–water partition coefficient (Wildman–Crippen LogP) is 10.0. The summed E-state index contributed by atoms with van der Waals surface area (Å²) in [5, 5.41) is 16.5. The zero-order valence-corrected chi connectivity index (χ0v) is 46.6. The first kappa shape index (κ1) is 62.2. The van der Waals surface area contributed by atoms with Crippen LogP contribution in [0.1, 0.15) is 69.3 Å². The molecule has 0 radical (unpaired) electrons. The van der Waals surface area contributed by atoms with Crippen molar-refractivity contribution in [1.82, 2.24) is 25.9 Å². The number of hydrogen-bond donors (Lipinski definition) is 5. The second-order valence-electron chi connectivity index (χ2n) is 17.6. The number of aromatic carboxylic acids is 1. The first-order valence-electron chi connectivity index (χ1n) is 24.8. The van der Waals surface area contributed by atoms with Gasteiger partial charge < -0.3 is 55.2 Å². The summed E-state index contributed by atoms with van der Waals surface area (Å²) in [7, 11) is 0. The fraction of sp³-hybridized carbons (Fsp3) is 0.241. The highest BCUT2D eigenvalue weighted by molar-refractivity contribution is 7.21. The van der Waals surface area contributed by atoms with Gasteiger partial charge >= 0.3 is 30.1 Å². The molecule has 2 atom stereocenters. The van der Waals surface area contributed by atoms with Crippen molar-refractivity contribution in [2.24, 2.45) is 5.73 Å². The highest BCUT2D eigenvalue weighted by Gasteiger charge is 2.26. The van der Waals surface area contributed by atoms with Crippen molar-refractivity contribution in [3.63, 3.8) is 0 Å². The van der Waals surface area contributed by atoms with Gasteiger partial charge in [-0.2, -0.15) is 0 Å². The second kappa shape index (κ2) is 32.3. The number of pyridine rings is 2. The van der Waals surface area contributed by atoms with E-state index < -0.39 is 48.1 Å². The minimum absolute atomic E-state index is 0. The van der Waals surface area contributed by atoms with E-state index in [4.69, 9.17) is 39.3 Å². The molecule has 0 fully saturated rings. The molecule has 0 aliphatic heterocycles. The summed E-state index contributed by atoms with van der Waals surface area (Å²) in [5.74, 6) is -1.33. The number of halogens is 1. The number of fused-ring (bicyclic) bond motifs is 2. The van der Waals surface area contributed by atoms with Crippen LogP contribution >= 0.6 is 35.1 Å². The van der Waals surface area contributed by atoms with Gasteiger partial charge in [-0.25, -0.2) is 24.0 Å². The number of nitrogens with two attached hydrogens (primary N) is 1. The number of carbonyl (C=O) groups is 6. The van der Waals surface area contributed by atoms with Crippen LogP contribution in [0.5, 0.6) is 11.5 Å². The fourth-order valence-electron chi connectivity index (χ4n) is 6.90. The predicted molar refractivity (Wildman–Crippen MR) is 306 cm³/mol. The van der Waals surface area contributed by atoms with Gasteiger partial charge in [-0.1, -0.05) is 121 Å². The normalized spacial score (nSPS) is 11.2. The molecule has 4 heterocycles. The Morgan fingerprint density at radius 3 is 1.27 bits per heavy atom. The summed E-state index contributed by atoms with van der Waals surface area (Å²) >= 11 is 2.42. The van der Waals surface area contributed by atoms with E-state index in [1.807, 2.05) is 149 Å². The van der Waals surface area contributed by atoms with E-state index >= 15 is 0 Å². The van der Waals surface area contributed by atoms with E-state index in [1.54, 1.807) is 36.7 Å². The molecule has 0 aliphatic carbocycles. The number of carboxylic acid groups (broad SMARTS) is 1. The molecule has 4 aromatic carbocycles. The summed E-state index contributed by atoms with van der Waals surface area (Å²) in [6.07, 6.45) is 1.74. The quantitative estimate of drug-likeness (QED) is 0.0331. The molecular weight excluding hydrogens is 1090 g/mol. The number of esters is 2. The topological polar surface area (TPSA) is 266 Å². The third-order valence-electron chi connectivity index (χ3n) is 10.6. The SMILES string of the molecule is CC(C)Oc1ccnc2cc(C(=O)NC[C@@H](NC(=O)OCc3ccccc3)C(=O)OCc3ccccc3)sc12.CC(C)Oc1ccnc2cc(C(=O)O)sc12.Cl.NC[C@@H](NC(=O)OCc1ccccc1)C(=O)OCc1ccccc1. The third-order valence-corrected chi connectivity index (χ3v) is 12.9. The number of nitrogens with zero attached hydrogens (tertiary/aromatic N) is 2. The Morgan fingerprint density at radius 2 is 0.887 bits per heavy atom. The molecule has 80 heavy (non-hydrogen) atoms. The van der Waals surface area contributed by atoms with Gasteiger partial charge in [0.2, 0.25) is 0 Å². The first-order chi connectivity index (χ1) is 38.1. The Balaban J connectivity index is 0.000000243. The van der Waals surface area contributed by atoms with Gasteiger partial charge in [-0.05, 0) is 74.2 Å². The van der Waals surface area contributed by atoms with Crippen molar-refractivity contribution in [3.05, 3.63) is 190 Å². The zero-order chi connectivity index (χ0) is 56.5. The van der Waals surface area contributed by atoms with Crippen molar-refractivity contribution < 1.29 is 62.3 Å². The van der Waals surface area contributed by atoms with Crippen molar-refractivity contribution >= 4 is 91.5 Å². The van der Waals surface area contributed by atoms with E-state index in [0.717, 1.165) is 31.7 Å². The average molecular weight is 1150 g/mol. The van der Waals surface area contributed by atoms with Crippen molar-refractivity contribution in [2.45, 2.75) is 78.4 Å². The molecule has 4 aromatic heterocycles. The summed E-state index contributed by atoms with van der Waals surface area (Å²) < 4.78 is 33.8. The van der Waals surface area contributed by atoms with Crippen LogP contribution in [0.25, 0.3) is 20.4 Å².